The van der Waals surface area contributed by atoms with E-state index in [0.29, 0.717) is 49.3 Å². The number of ether oxygens (including phenoxy) is 2. The normalized spacial score (nSPS) is 24.1. The van der Waals surface area contributed by atoms with E-state index < -0.39 is 11.9 Å². The Balaban J connectivity index is 1.33. The van der Waals surface area contributed by atoms with Gasteiger partial charge >= 0.3 is 6.09 Å². The number of hydrogen-bond donors (Lipinski definition) is 2. The molecule has 1 amide bonds. The molecule has 10 nitrogen and oxygen atoms in total. The van der Waals surface area contributed by atoms with E-state index in [4.69, 9.17) is 26.1 Å². The second-order valence-electron chi connectivity index (χ2n) is 11.1. The summed E-state index contributed by atoms with van der Waals surface area (Å²) < 4.78 is 28.4. The van der Waals surface area contributed by atoms with Gasteiger partial charge in [0, 0.05) is 37.0 Å². The van der Waals surface area contributed by atoms with Gasteiger partial charge in [0.15, 0.2) is 5.82 Å². The largest absolute Gasteiger partial charge is 0.453 e. The average Bonchev–Trinajstić information content (AvgIpc) is 3.30. The lowest BCUT2D eigenvalue weighted by Crippen LogP contribution is -2.47. The second-order valence-corrected chi connectivity index (χ2v) is 11.5. The molecule has 4 heterocycles. The van der Waals surface area contributed by atoms with Crippen molar-refractivity contribution in [2.45, 2.75) is 69.2 Å². The van der Waals surface area contributed by atoms with E-state index in [2.05, 4.69) is 15.3 Å². The zero-order valence-electron chi connectivity index (χ0n) is 22.2. The van der Waals surface area contributed by atoms with Crippen LogP contribution >= 0.6 is 11.6 Å². The predicted octanol–water partition coefficient (Wildman–Crippen LogP) is 4.52. The van der Waals surface area contributed by atoms with Gasteiger partial charge in [-0.2, -0.15) is 0 Å². The van der Waals surface area contributed by atoms with Crippen molar-refractivity contribution in [2.24, 2.45) is 0 Å². The number of carbonyl (C=O) groups is 1. The average molecular weight is 559 g/mol. The third kappa shape index (κ3) is 4.81. The molecule has 1 spiro atoms. The Bertz CT molecular complexity index is 1430. The van der Waals surface area contributed by atoms with Crippen molar-refractivity contribution in [2.75, 3.05) is 32.1 Å². The van der Waals surface area contributed by atoms with E-state index in [1.807, 2.05) is 24.5 Å². The van der Waals surface area contributed by atoms with Crippen molar-refractivity contribution in [3.05, 3.63) is 35.0 Å². The molecule has 2 saturated heterocycles. The summed E-state index contributed by atoms with van der Waals surface area (Å²) in [4.78, 5) is 27.3. The molecule has 1 saturated carbocycles. The second kappa shape index (κ2) is 9.87. The van der Waals surface area contributed by atoms with E-state index in [9.17, 15) is 9.90 Å². The number of nitrogens with one attached hydrogen (secondary N) is 1. The number of nitrogens with zero attached hydrogens (tertiary/aromatic N) is 5. The number of amides is 1. The van der Waals surface area contributed by atoms with Gasteiger partial charge in [-0.3, -0.25) is 0 Å². The number of methoxy groups -OCH3 is 1. The van der Waals surface area contributed by atoms with Crippen molar-refractivity contribution in [3.8, 4) is 11.3 Å². The van der Waals surface area contributed by atoms with E-state index in [0.717, 1.165) is 18.7 Å². The van der Waals surface area contributed by atoms with Gasteiger partial charge in [-0.05, 0) is 45.2 Å². The van der Waals surface area contributed by atoms with Gasteiger partial charge in [0.05, 0.1) is 53.9 Å². The molecule has 3 aliphatic rings. The molecule has 12 heteroatoms. The molecule has 3 fully saturated rings. The third-order valence-electron chi connectivity index (χ3n) is 8.03. The van der Waals surface area contributed by atoms with Gasteiger partial charge in [-0.25, -0.2) is 24.1 Å². The number of aliphatic hydroxyl groups excluding tert-OH is 1. The molecule has 3 aromatic rings. The van der Waals surface area contributed by atoms with Crippen LogP contribution in [0.15, 0.2) is 18.3 Å². The molecule has 0 bridgehead atoms. The highest BCUT2D eigenvalue weighted by molar-refractivity contribution is 6.33. The predicted molar refractivity (Wildman–Crippen MR) is 143 cm³/mol. The zero-order chi connectivity index (χ0) is 27.5. The van der Waals surface area contributed by atoms with Crippen LogP contribution in [-0.4, -0.2) is 80.2 Å². The summed E-state index contributed by atoms with van der Waals surface area (Å²) in [5.74, 6) is 0.486. The van der Waals surface area contributed by atoms with Crippen molar-refractivity contribution in [1.82, 2.24) is 24.4 Å². The standard InChI is InChI=1S/C27H32ClFN6O4/c1-14(2)35-20-9-16(8-18(29)23(20)32-24(35)15-4-7-34(12-15)26(37)38-3)22-17(28)11-30-25(33-22)31-19-13-39-27(5-6-27)10-21(19)36/h8-9,11,14-15,19,21,36H,4-7,10,12-13H2,1-3H3,(H,30,31,33)/t15-,19?,21-/m1/s1. The molecule has 0 radical (unpaired) electrons. The van der Waals surface area contributed by atoms with E-state index in [1.165, 1.54) is 19.4 Å². The number of imidazole rings is 1. The summed E-state index contributed by atoms with van der Waals surface area (Å²) in [7, 11) is 1.36. The van der Waals surface area contributed by atoms with Crippen molar-refractivity contribution in [1.29, 1.82) is 0 Å². The Morgan fingerprint density at radius 2 is 2.13 bits per heavy atom. The van der Waals surface area contributed by atoms with Crippen LogP contribution in [0.2, 0.25) is 5.02 Å². The molecule has 6 rings (SSSR count). The van der Waals surface area contributed by atoms with Crippen LogP contribution in [0, 0.1) is 5.82 Å². The number of aliphatic hydroxyl groups is 1. The third-order valence-corrected chi connectivity index (χ3v) is 8.31. The van der Waals surface area contributed by atoms with E-state index in [-0.39, 0.29) is 46.2 Å². The molecule has 39 heavy (non-hydrogen) atoms. The van der Waals surface area contributed by atoms with Gasteiger partial charge in [-0.1, -0.05) is 11.6 Å². The number of aromatic nitrogens is 4. The van der Waals surface area contributed by atoms with Gasteiger partial charge in [0.1, 0.15) is 11.3 Å². The maximum atomic E-state index is 15.6. The fourth-order valence-corrected chi connectivity index (χ4v) is 5.99. The zero-order valence-corrected chi connectivity index (χ0v) is 22.9. The van der Waals surface area contributed by atoms with E-state index in [1.54, 1.807) is 4.90 Å². The molecule has 3 atom stereocenters. The molecule has 1 unspecified atom stereocenters. The van der Waals surface area contributed by atoms with Crippen LogP contribution in [0.3, 0.4) is 0 Å². The van der Waals surface area contributed by atoms with Crippen molar-refractivity contribution < 1.29 is 23.8 Å². The maximum Gasteiger partial charge on any atom is 0.409 e. The number of likely N-dealkylation sites (tertiary alicyclic amines) is 1. The summed E-state index contributed by atoms with van der Waals surface area (Å²) in [5.41, 5.74) is 1.59. The first-order valence-corrected chi connectivity index (χ1v) is 13.7. The number of rotatable bonds is 5. The minimum atomic E-state index is -0.581. The molecular formula is C27H32ClFN6O4. The van der Waals surface area contributed by atoms with E-state index >= 15 is 4.39 Å². The summed E-state index contributed by atoms with van der Waals surface area (Å²) in [6.45, 7) is 5.41. The fraction of sp³-hybridized carbons (Fsp3) is 0.556. The summed E-state index contributed by atoms with van der Waals surface area (Å²) in [6.07, 6.45) is 3.76. The smallest absolute Gasteiger partial charge is 0.409 e. The van der Waals surface area contributed by atoms with Crippen LogP contribution in [-0.2, 0) is 9.47 Å². The van der Waals surface area contributed by atoms with Crippen LogP contribution in [0.5, 0.6) is 0 Å². The first kappa shape index (κ1) is 26.2. The highest BCUT2D eigenvalue weighted by Gasteiger charge is 2.50. The molecule has 1 aliphatic carbocycles. The lowest BCUT2D eigenvalue weighted by molar-refractivity contribution is -0.0671. The Kier molecular flexibility index (Phi) is 6.63. The number of halogens is 2. The Morgan fingerprint density at radius 1 is 1.33 bits per heavy atom. The minimum Gasteiger partial charge on any atom is -0.453 e. The fourth-order valence-electron chi connectivity index (χ4n) is 5.79. The van der Waals surface area contributed by atoms with Crippen LogP contribution in [0.4, 0.5) is 15.1 Å². The molecule has 2 aliphatic heterocycles. The highest BCUT2D eigenvalue weighted by Crippen LogP contribution is 2.46. The summed E-state index contributed by atoms with van der Waals surface area (Å²) >= 11 is 6.50. The molecule has 208 valence electrons. The maximum absolute atomic E-state index is 15.6. The minimum absolute atomic E-state index is 0.00697. The van der Waals surface area contributed by atoms with Gasteiger partial charge < -0.3 is 29.4 Å². The van der Waals surface area contributed by atoms with Crippen molar-refractivity contribution >= 4 is 34.7 Å². The summed E-state index contributed by atoms with van der Waals surface area (Å²) in [5, 5.41) is 14.1. The number of carbonyl (C=O) groups excluding carboxylic acids is 1. The lowest BCUT2D eigenvalue weighted by Gasteiger charge is -2.34. The van der Waals surface area contributed by atoms with Gasteiger partial charge in [0.25, 0.3) is 0 Å². The molecule has 2 N–H and O–H groups in total. The topological polar surface area (TPSA) is 115 Å². The highest BCUT2D eigenvalue weighted by atomic mass is 35.5. The number of fused-ring (bicyclic) bond motifs is 1. The summed E-state index contributed by atoms with van der Waals surface area (Å²) in [6, 6.07) is 2.86. The molecular weight excluding hydrogens is 527 g/mol. The molecule has 1 aromatic carbocycles. The molecule has 2 aromatic heterocycles. The monoisotopic (exact) mass is 558 g/mol. The number of hydrogen-bond acceptors (Lipinski definition) is 8. The quantitative estimate of drug-likeness (QED) is 0.470. The SMILES string of the molecule is COC(=O)N1CC[C@@H](c2nc3c(F)cc(-c4nc(NC5COC6(CC6)C[C@H]5O)ncc4Cl)cc3n2C(C)C)C1. The number of anilines is 1. The van der Waals surface area contributed by atoms with Crippen LogP contribution in [0.25, 0.3) is 22.3 Å². The van der Waals surface area contributed by atoms with Gasteiger partial charge in [0.2, 0.25) is 5.95 Å². The van der Waals surface area contributed by atoms with Gasteiger partial charge in [-0.15, -0.1) is 0 Å². The number of benzene rings is 1. The first-order chi connectivity index (χ1) is 18.7. The first-order valence-electron chi connectivity index (χ1n) is 13.3. The van der Waals surface area contributed by atoms with Crippen LogP contribution in [0.1, 0.15) is 57.3 Å². The van der Waals surface area contributed by atoms with Crippen LogP contribution < -0.4 is 5.32 Å². The lowest BCUT2D eigenvalue weighted by atomic mass is 10.00. The van der Waals surface area contributed by atoms with Crippen molar-refractivity contribution in [3.63, 3.8) is 0 Å². The Morgan fingerprint density at radius 3 is 2.82 bits per heavy atom. The Labute approximate surface area is 230 Å². The Hall–Kier alpha value is -3.02.